The van der Waals surface area contributed by atoms with Crippen molar-refractivity contribution in [3.8, 4) is 5.75 Å². The number of rotatable bonds is 6. The summed E-state index contributed by atoms with van der Waals surface area (Å²) in [6.07, 6.45) is 2.80. The fourth-order valence-corrected chi connectivity index (χ4v) is 1.50. The van der Waals surface area contributed by atoms with E-state index in [0.29, 0.717) is 0 Å². The minimum atomic E-state index is 0.822. The van der Waals surface area contributed by atoms with Crippen molar-refractivity contribution >= 4 is 5.84 Å². The molecular weight excluding hydrogens is 214 g/mol. The minimum absolute atomic E-state index is 0.822. The number of aryl methyl sites for hydroxylation is 1. The van der Waals surface area contributed by atoms with Crippen LogP contribution in [0.2, 0.25) is 0 Å². The zero-order chi connectivity index (χ0) is 12.5. The molecule has 0 aromatic heterocycles. The van der Waals surface area contributed by atoms with Gasteiger partial charge in [0, 0.05) is 13.0 Å². The Hall–Kier alpha value is -1.55. The number of hydrogen-bond acceptors (Lipinski definition) is 3. The molecule has 1 aromatic carbocycles. The predicted molar refractivity (Wildman–Crippen MR) is 71.2 cm³/mol. The predicted octanol–water partition coefficient (Wildman–Crippen LogP) is 1.90. The van der Waals surface area contributed by atoms with Gasteiger partial charge in [-0.1, -0.05) is 19.1 Å². The summed E-state index contributed by atoms with van der Waals surface area (Å²) in [5.41, 5.74) is 3.91. The van der Waals surface area contributed by atoms with Crippen LogP contribution in [0.15, 0.2) is 29.3 Å². The van der Waals surface area contributed by atoms with Crippen molar-refractivity contribution in [2.45, 2.75) is 26.2 Å². The van der Waals surface area contributed by atoms with E-state index in [1.807, 2.05) is 12.1 Å². The number of hydrogen-bond donors (Lipinski definition) is 2. The molecule has 3 N–H and O–H groups in total. The first-order valence-electron chi connectivity index (χ1n) is 5.93. The molecule has 0 aliphatic rings. The normalized spacial score (nSPS) is 11.4. The molecule has 0 aliphatic carbocycles. The van der Waals surface area contributed by atoms with Crippen LogP contribution < -0.4 is 16.0 Å². The first kappa shape index (κ1) is 13.5. The number of amidine groups is 1. The SMILES string of the molecule is CCCN=C(CCc1ccc(OC)cc1)NN. The van der Waals surface area contributed by atoms with E-state index < -0.39 is 0 Å². The van der Waals surface area contributed by atoms with Crippen LogP contribution in [-0.4, -0.2) is 19.5 Å². The molecule has 17 heavy (non-hydrogen) atoms. The number of methoxy groups -OCH3 is 1. The Balaban J connectivity index is 2.47. The maximum Gasteiger partial charge on any atom is 0.118 e. The number of benzene rings is 1. The number of nitrogens with one attached hydrogen (secondary N) is 1. The van der Waals surface area contributed by atoms with E-state index in [1.165, 1.54) is 5.56 Å². The van der Waals surface area contributed by atoms with E-state index in [4.69, 9.17) is 10.6 Å². The Labute approximate surface area is 103 Å². The number of aliphatic imine (C=N–C) groups is 1. The lowest BCUT2D eigenvalue weighted by atomic mass is 10.1. The van der Waals surface area contributed by atoms with Crippen molar-refractivity contribution in [2.24, 2.45) is 10.8 Å². The molecule has 1 rings (SSSR count). The zero-order valence-electron chi connectivity index (χ0n) is 10.6. The summed E-state index contributed by atoms with van der Waals surface area (Å²) in [6.45, 7) is 2.92. The smallest absolute Gasteiger partial charge is 0.118 e. The van der Waals surface area contributed by atoms with Crippen LogP contribution in [0.3, 0.4) is 0 Å². The second kappa shape index (κ2) is 7.68. The Bertz CT molecular complexity index is 346. The highest BCUT2D eigenvalue weighted by atomic mass is 16.5. The average Bonchev–Trinajstić information content (AvgIpc) is 2.39. The van der Waals surface area contributed by atoms with Gasteiger partial charge in [0.05, 0.1) is 7.11 Å². The van der Waals surface area contributed by atoms with E-state index in [1.54, 1.807) is 7.11 Å². The molecule has 0 fully saturated rings. The van der Waals surface area contributed by atoms with Crippen LogP contribution in [0.25, 0.3) is 0 Å². The Morgan fingerprint density at radius 1 is 1.35 bits per heavy atom. The van der Waals surface area contributed by atoms with Gasteiger partial charge in [0.1, 0.15) is 11.6 Å². The molecule has 0 bridgehead atoms. The third-order valence-electron chi connectivity index (χ3n) is 2.50. The van der Waals surface area contributed by atoms with Crippen molar-refractivity contribution in [3.05, 3.63) is 29.8 Å². The van der Waals surface area contributed by atoms with E-state index in [2.05, 4.69) is 29.5 Å². The van der Waals surface area contributed by atoms with Crippen LogP contribution >= 0.6 is 0 Å². The Kier molecular flexibility index (Phi) is 6.10. The molecule has 0 saturated carbocycles. The maximum absolute atomic E-state index is 5.42. The first-order chi connectivity index (χ1) is 8.30. The standard InChI is InChI=1S/C13H21N3O/c1-3-10-15-13(16-14)9-6-11-4-7-12(17-2)8-5-11/h4-5,7-8H,3,6,9-10,14H2,1-2H3,(H,15,16). The molecule has 0 heterocycles. The fourth-order valence-electron chi connectivity index (χ4n) is 1.50. The van der Waals surface area contributed by atoms with Crippen LogP contribution in [-0.2, 0) is 6.42 Å². The number of hydrazine groups is 1. The highest BCUT2D eigenvalue weighted by Gasteiger charge is 1.99. The van der Waals surface area contributed by atoms with Gasteiger partial charge in [-0.05, 0) is 30.5 Å². The summed E-state index contributed by atoms with van der Waals surface area (Å²) >= 11 is 0. The molecule has 0 aliphatic heterocycles. The Morgan fingerprint density at radius 2 is 2.06 bits per heavy atom. The molecule has 94 valence electrons. The van der Waals surface area contributed by atoms with Gasteiger partial charge in [0.25, 0.3) is 0 Å². The van der Waals surface area contributed by atoms with Crippen molar-refractivity contribution in [3.63, 3.8) is 0 Å². The van der Waals surface area contributed by atoms with Gasteiger partial charge in [0.15, 0.2) is 0 Å². The number of nitrogens with zero attached hydrogens (tertiary/aromatic N) is 1. The van der Waals surface area contributed by atoms with Crippen LogP contribution in [0.4, 0.5) is 0 Å². The summed E-state index contributed by atoms with van der Waals surface area (Å²) in [6, 6.07) is 8.06. The molecule has 4 heteroatoms. The second-order valence-electron chi connectivity index (χ2n) is 3.82. The van der Waals surface area contributed by atoms with E-state index in [9.17, 15) is 0 Å². The molecule has 0 amide bonds. The molecular formula is C13H21N3O. The van der Waals surface area contributed by atoms with Gasteiger partial charge in [-0.25, -0.2) is 5.84 Å². The topological polar surface area (TPSA) is 59.6 Å². The van der Waals surface area contributed by atoms with Crippen LogP contribution in [0.5, 0.6) is 5.75 Å². The summed E-state index contributed by atoms with van der Waals surface area (Å²) in [7, 11) is 1.67. The molecule has 0 radical (unpaired) electrons. The monoisotopic (exact) mass is 235 g/mol. The van der Waals surface area contributed by atoms with Gasteiger partial charge in [-0.15, -0.1) is 0 Å². The molecule has 0 unspecified atom stereocenters. The molecule has 1 aromatic rings. The van der Waals surface area contributed by atoms with Crippen LogP contribution in [0, 0.1) is 0 Å². The van der Waals surface area contributed by atoms with Crippen molar-refractivity contribution in [1.29, 1.82) is 0 Å². The summed E-state index contributed by atoms with van der Waals surface area (Å²) in [5.74, 6) is 7.17. The van der Waals surface area contributed by atoms with Gasteiger partial charge in [0.2, 0.25) is 0 Å². The lowest BCUT2D eigenvalue weighted by Crippen LogP contribution is -2.30. The number of nitrogens with two attached hydrogens (primary N) is 1. The summed E-state index contributed by atoms with van der Waals surface area (Å²) in [4.78, 5) is 4.37. The minimum Gasteiger partial charge on any atom is -0.497 e. The largest absolute Gasteiger partial charge is 0.497 e. The lowest BCUT2D eigenvalue weighted by Gasteiger charge is -2.06. The quantitative estimate of drug-likeness (QED) is 0.343. The molecule has 4 nitrogen and oxygen atoms in total. The van der Waals surface area contributed by atoms with Gasteiger partial charge < -0.3 is 10.2 Å². The van der Waals surface area contributed by atoms with Crippen LogP contribution in [0.1, 0.15) is 25.3 Å². The van der Waals surface area contributed by atoms with Crippen molar-refractivity contribution in [1.82, 2.24) is 5.43 Å². The number of ether oxygens (including phenoxy) is 1. The van der Waals surface area contributed by atoms with E-state index in [-0.39, 0.29) is 0 Å². The third-order valence-corrected chi connectivity index (χ3v) is 2.50. The highest BCUT2D eigenvalue weighted by Crippen LogP contribution is 2.12. The van der Waals surface area contributed by atoms with Crippen molar-refractivity contribution in [2.75, 3.05) is 13.7 Å². The maximum atomic E-state index is 5.42. The molecule has 0 atom stereocenters. The zero-order valence-corrected chi connectivity index (χ0v) is 10.6. The molecule has 0 saturated heterocycles. The average molecular weight is 235 g/mol. The first-order valence-corrected chi connectivity index (χ1v) is 5.93. The fraction of sp³-hybridized carbons (Fsp3) is 0.462. The lowest BCUT2D eigenvalue weighted by molar-refractivity contribution is 0.414. The van der Waals surface area contributed by atoms with E-state index in [0.717, 1.165) is 37.4 Å². The van der Waals surface area contributed by atoms with E-state index >= 15 is 0 Å². The van der Waals surface area contributed by atoms with Gasteiger partial charge in [-0.3, -0.25) is 4.99 Å². The second-order valence-corrected chi connectivity index (χ2v) is 3.82. The molecule has 0 spiro atoms. The summed E-state index contributed by atoms with van der Waals surface area (Å²) < 4.78 is 5.11. The third kappa shape index (κ3) is 4.87. The summed E-state index contributed by atoms with van der Waals surface area (Å²) in [5, 5.41) is 0. The van der Waals surface area contributed by atoms with Gasteiger partial charge in [-0.2, -0.15) is 0 Å². The Morgan fingerprint density at radius 3 is 2.59 bits per heavy atom. The highest BCUT2D eigenvalue weighted by molar-refractivity contribution is 5.81. The van der Waals surface area contributed by atoms with Crippen molar-refractivity contribution < 1.29 is 4.74 Å². The van der Waals surface area contributed by atoms with Gasteiger partial charge >= 0.3 is 0 Å².